The zero-order chi connectivity index (χ0) is 38.6. The molecule has 0 unspecified atom stereocenters. The lowest BCUT2D eigenvalue weighted by Gasteiger charge is -2.18. The van der Waals surface area contributed by atoms with Gasteiger partial charge in [0.15, 0.2) is 17.5 Å². The van der Waals surface area contributed by atoms with Crippen molar-refractivity contribution in [3.8, 4) is 62.1 Å². The van der Waals surface area contributed by atoms with Crippen LogP contribution in [-0.2, 0) is 0 Å². The molecule has 272 valence electrons. The summed E-state index contributed by atoms with van der Waals surface area (Å²) < 4.78 is 2.48. The van der Waals surface area contributed by atoms with E-state index in [9.17, 15) is 0 Å². The highest BCUT2D eigenvalue weighted by Crippen LogP contribution is 2.53. The highest BCUT2D eigenvalue weighted by atomic mass is 15.0. The van der Waals surface area contributed by atoms with Gasteiger partial charge in [0.2, 0.25) is 0 Å². The van der Waals surface area contributed by atoms with Gasteiger partial charge >= 0.3 is 0 Å². The van der Waals surface area contributed by atoms with Gasteiger partial charge in [0.25, 0.3) is 0 Å². The molecule has 59 heavy (non-hydrogen) atoms. The van der Waals surface area contributed by atoms with Crippen LogP contribution in [0.15, 0.2) is 194 Å². The van der Waals surface area contributed by atoms with Crippen molar-refractivity contribution >= 4 is 64.9 Å². The number of rotatable bonds is 4. The molecule has 10 aromatic carbocycles. The molecular weight excluding hydrogens is 717 g/mol. The average Bonchev–Trinajstić information content (AvgIpc) is 3.61. The molecule has 0 N–H and O–H groups in total. The topological polar surface area (TPSA) is 43.6 Å². The van der Waals surface area contributed by atoms with E-state index < -0.39 is 0 Å². The SMILES string of the molecule is c1ccc(-c2nc(-c3ccc(-n4c5cccc6c5c5c7c(cc8ccccc8c7c7ccccc7c54)-c4ccccc4-6)cc3)nc(-c3ccc4ccccc4c3)n2)cc1. The minimum absolute atomic E-state index is 0.636. The fraction of sp³-hybridized carbons (Fsp3) is 0. The van der Waals surface area contributed by atoms with Gasteiger partial charge in [-0.25, -0.2) is 15.0 Å². The van der Waals surface area contributed by atoms with Gasteiger partial charge in [-0.15, -0.1) is 0 Å². The maximum atomic E-state index is 5.12. The molecule has 2 heterocycles. The van der Waals surface area contributed by atoms with Gasteiger partial charge in [-0.1, -0.05) is 152 Å². The standard InChI is InChI=1S/C55H32N4/c1-2-14-34(15-3-1)53-56-54(58-55(57-53)38-26-25-33-13-4-5-16-36(33)31-38)35-27-29-39(30-28-35)59-47-24-12-23-43-41-19-8-9-20-42(41)46-32-37-17-6-7-18-40(37)48-44-21-10-11-22-45(44)52(59)51(49(43)47)50(46)48/h1-32H. The molecule has 13 rings (SSSR count). The zero-order valence-corrected chi connectivity index (χ0v) is 31.8. The Kier molecular flexibility index (Phi) is 6.69. The van der Waals surface area contributed by atoms with Gasteiger partial charge in [-0.3, -0.25) is 0 Å². The Morgan fingerprint density at radius 1 is 0.305 bits per heavy atom. The third kappa shape index (κ3) is 4.69. The number of hydrogen-bond acceptors (Lipinski definition) is 3. The second kappa shape index (κ2) is 12.3. The molecule has 0 fully saturated rings. The van der Waals surface area contributed by atoms with Crippen LogP contribution in [-0.4, -0.2) is 19.5 Å². The van der Waals surface area contributed by atoms with E-state index in [0.717, 1.165) is 27.8 Å². The van der Waals surface area contributed by atoms with Gasteiger partial charge in [0.1, 0.15) is 0 Å². The number of nitrogens with zero attached hydrogens (tertiary/aromatic N) is 4. The van der Waals surface area contributed by atoms with E-state index in [1.54, 1.807) is 0 Å². The predicted octanol–water partition coefficient (Wildman–Crippen LogP) is 14.2. The normalized spacial score (nSPS) is 12.1. The molecule has 0 amide bonds. The quantitative estimate of drug-likeness (QED) is 0.168. The predicted molar refractivity (Wildman–Crippen MR) is 245 cm³/mol. The second-order valence-electron chi connectivity index (χ2n) is 15.5. The van der Waals surface area contributed by atoms with Crippen molar-refractivity contribution < 1.29 is 0 Å². The third-order valence-corrected chi connectivity index (χ3v) is 12.3. The minimum atomic E-state index is 0.636. The lowest BCUT2D eigenvalue weighted by Crippen LogP contribution is -2.01. The van der Waals surface area contributed by atoms with E-state index in [1.807, 2.05) is 18.2 Å². The number of hydrogen-bond donors (Lipinski definition) is 0. The number of aromatic nitrogens is 4. The maximum absolute atomic E-state index is 5.12. The summed E-state index contributed by atoms with van der Waals surface area (Å²) in [6.07, 6.45) is 0. The molecular formula is C55H32N4. The second-order valence-corrected chi connectivity index (χ2v) is 15.5. The van der Waals surface area contributed by atoms with E-state index >= 15 is 0 Å². The van der Waals surface area contributed by atoms with Crippen molar-refractivity contribution in [1.29, 1.82) is 0 Å². The van der Waals surface area contributed by atoms with Crippen molar-refractivity contribution in [1.82, 2.24) is 19.5 Å². The van der Waals surface area contributed by atoms with Crippen LogP contribution in [0.25, 0.3) is 127 Å². The Bertz CT molecular complexity index is 3710. The van der Waals surface area contributed by atoms with Crippen LogP contribution in [0.2, 0.25) is 0 Å². The Morgan fingerprint density at radius 2 is 0.881 bits per heavy atom. The molecule has 0 radical (unpaired) electrons. The molecule has 0 aliphatic heterocycles. The van der Waals surface area contributed by atoms with Crippen LogP contribution < -0.4 is 0 Å². The van der Waals surface area contributed by atoms with Gasteiger partial charge in [0.05, 0.1) is 11.0 Å². The van der Waals surface area contributed by atoms with Crippen molar-refractivity contribution in [2.24, 2.45) is 0 Å². The fourth-order valence-corrected chi connectivity index (χ4v) is 9.73. The van der Waals surface area contributed by atoms with Crippen molar-refractivity contribution in [2.75, 3.05) is 0 Å². The molecule has 4 nitrogen and oxygen atoms in total. The lowest BCUT2D eigenvalue weighted by atomic mass is 9.88. The third-order valence-electron chi connectivity index (χ3n) is 12.3. The van der Waals surface area contributed by atoms with E-state index in [4.69, 9.17) is 15.0 Å². The van der Waals surface area contributed by atoms with Gasteiger partial charge in [0, 0.05) is 43.9 Å². The molecule has 0 saturated heterocycles. The summed E-state index contributed by atoms with van der Waals surface area (Å²) in [6, 6.07) is 69.7. The van der Waals surface area contributed by atoms with E-state index in [0.29, 0.717) is 17.5 Å². The number of fused-ring (bicyclic) bond motifs is 9. The molecule has 12 aromatic rings. The Morgan fingerprint density at radius 3 is 1.66 bits per heavy atom. The summed E-state index contributed by atoms with van der Waals surface area (Å²) in [4.78, 5) is 15.2. The maximum Gasteiger partial charge on any atom is 0.164 e. The molecule has 1 aliphatic carbocycles. The van der Waals surface area contributed by atoms with E-state index in [-0.39, 0.29) is 0 Å². The smallest absolute Gasteiger partial charge is 0.164 e. The molecule has 0 atom stereocenters. The van der Waals surface area contributed by atoms with Gasteiger partial charge in [-0.05, 0) is 97.0 Å². The van der Waals surface area contributed by atoms with Crippen LogP contribution in [0.1, 0.15) is 0 Å². The zero-order valence-electron chi connectivity index (χ0n) is 31.8. The molecule has 4 heteroatoms. The molecule has 2 aromatic heterocycles. The van der Waals surface area contributed by atoms with Gasteiger partial charge < -0.3 is 4.57 Å². The average molecular weight is 749 g/mol. The first-order valence-electron chi connectivity index (χ1n) is 20.1. The summed E-state index contributed by atoms with van der Waals surface area (Å²) in [5.41, 5.74) is 11.4. The molecule has 0 spiro atoms. The molecule has 0 saturated carbocycles. The largest absolute Gasteiger partial charge is 0.309 e. The highest BCUT2D eigenvalue weighted by Gasteiger charge is 2.28. The lowest BCUT2D eigenvalue weighted by molar-refractivity contribution is 1.07. The molecule has 1 aliphatic rings. The van der Waals surface area contributed by atoms with Crippen LogP contribution in [0, 0.1) is 0 Å². The Labute approximate surface area is 339 Å². The Hall–Kier alpha value is -7.95. The summed E-state index contributed by atoms with van der Waals surface area (Å²) in [7, 11) is 0. The van der Waals surface area contributed by atoms with Gasteiger partial charge in [-0.2, -0.15) is 0 Å². The van der Waals surface area contributed by atoms with Crippen molar-refractivity contribution in [2.45, 2.75) is 0 Å². The van der Waals surface area contributed by atoms with E-state index in [1.165, 1.54) is 81.8 Å². The van der Waals surface area contributed by atoms with Crippen LogP contribution in [0.4, 0.5) is 0 Å². The monoisotopic (exact) mass is 748 g/mol. The Balaban J connectivity index is 1.07. The first kappa shape index (κ1) is 32.2. The first-order valence-corrected chi connectivity index (χ1v) is 20.1. The van der Waals surface area contributed by atoms with E-state index in [2.05, 4.69) is 180 Å². The number of benzene rings is 10. The summed E-state index contributed by atoms with van der Waals surface area (Å²) in [6.45, 7) is 0. The summed E-state index contributed by atoms with van der Waals surface area (Å²) in [5.74, 6) is 1.93. The highest BCUT2D eigenvalue weighted by molar-refractivity contribution is 6.41. The van der Waals surface area contributed by atoms with Crippen LogP contribution in [0.5, 0.6) is 0 Å². The fourth-order valence-electron chi connectivity index (χ4n) is 9.73. The molecule has 0 bridgehead atoms. The summed E-state index contributed by atoms with van der Waals surface area (Å²) in [5, 5.41) is 12.6. The van der Waals surface area contributed by atoms with Crippen LogP contribution >= 0.6 is 0 Å². The first-order chi connectivity index (χ1) is 29.3. The van der Waals surface area contributed by atoms with Crippen LogP contribution in [0.3, 0.4) is 0 Å². The van der Waals surface area contributed by atoms with Crippen molar-refractivity contribution in [3.63, 3.8) is 0 Å². The summed E-state index contributed by atoms with van der Waals surface area (Å²) >= 11 is 0. The van der Waals surface area contributed by atoms with Crippen molar-refractivity contribution in [3.05, 3.63) is 194 Å². The minimum Gasteiger partial charge on any atom is -0.309 e.